The van der Waals surface area contributed by atoms with Crippen molar-refractivity contribution in [2.24, 2.45) is 0 Å². The molecule has 6 heteroatoms. The number of aromatic nitrogens is 2. The van der Waals surface area contributed by atoms with Crippen molar-refractivity contribution in [1.29, 1.82) is 0 Å². The summed E-state index contributed by atoms with van der Waals surface area (Å²) >= 11 is 0. The molecule has 0 aliphatic heterocycles. The summed E-state index contributed by atoms with van der Waals surface area (Å²) in [6.45, 7) is 1.90. The third-order valence-corrected chi connectivity index (χ3v) is 4.75. The molecular weight excluding hydrogens is 368 g/mol. The molecule has 2 heterocycles. The zero-order chi connectivity index (χ0) is 20.1. The Morgan fingerprint density at radius 2 is 1.64 bits per heavy atom. The highest BCUT2D eigenvalue weighted by molar-refractivity contribution is 5.32. The maximum absolute atomic E-state index is 13.9. The van der Waals surface area contributed by atoms with Crippen molar-refractivity contribution in [1.82, 2.24) is 9.97 Å². The molecule has 0 aliphatic carbocycles. The number of alkyl halides is 3. The van der Waals surface area contributed by atoms with E-state index in [1.807, 2.05) is 19.1 Å². The fraction of sp³-hybridized carbons (Fsp3) is 0.273. The lowest BCUT2D eigenvalue weighted by molar-refractivity contribution is -0.137. The average Bonchev–Trinajstić information content (AvgIpc) is 2.67. The number of aryl methyl sites for hydroxylation is 2. The van der Waals surface area contributed by atoms with Crippen molar-refractivity contribution in [3.8, 4) is 0 Å². The minimum absolute atomic E-state index is 0.295. The SMILES string of the molecule is CCc1c(F)cncc1CCc1cccnc1Cc1ccc(C(F)(F)F)cc1. The molecule has 2 nitrogen and oxygen atoms in total. The molecule has 0 unspecified atom stereocenters. The monoisotopic (exact) mass is 388 g/mol. The standard InChI is InChI=1S/C22H20F4N2/c1-2-19-17(13-27-14-20(19)23)8-7-16-4-3-11-28-21(16)12-15-5-9-18(10-6-15)22(24,25)26/h3-6,9-11,13-14H,2,7-8,12H2,1H3. The molecule has 0 bridgehead atoms. The van der Waals surface area contributed by atoms with Gasteiger partial charge in [0.2, 0.25) is 0 Å². The van der Waals surface area contributed by atoms with Gasteiger partial charge in [-0.05, 0) is 59.7 Å². The van der Waals surface area contributed by atoms with Gasteiger partial charge in [0.15, 0.2) is 0 Å². The molecule has 146 valence electrons. The molecule has 0 fully saturated rings. The molecule has 0 saturated carbocycles. The summed E-state index contributed by atoms with van der Waals surface area (Å²) in [5.74, 6) is -0.295. The summed E-state index contributed by atoms with van der Waals surface area (Å²) in [7, 11) is 0. The van der Waals surface area contributed by atoms with E-state index >= 15 is 0 Å². The number of pyridine rings is 2. The van der Waals surface area contributed by atoms with Crippen molar-refractivity contribution in [3.05, 3.63) is 94.3 Å². The second kappa shape index (κ2) is 8.50. The van der Waals surface area contributed by atoms with E-state index in [-0.39, 0.29) is 5.82 Å². The van der Waals surface area contributed by atoms with Gasteiger partial charge in [0.25, 0.3) is 0 Å². The van der Waals surface area contributed by atoms with E-state index in [0.717, 1.165) is 34.5 Å². The van der Waals surface area contributed by atoms with Crippen LogP contribution in [0.25, 0.3) is 0 Å². The topological polar surface area (TPSA) is 25.8 Å². The quantitative estimate of drug-likeness (QED) is 0.516. The second-order valence-electron chi connectivity index (χ2n) is 6.59. The fourth-order valence-electron chi connectivity index (χ4n) is 3.25. The molecule has 0 N–H and O–H groups in total. The third-order valence-electron chi connectivity index (χ3n) is 4.75. The Bertz CT molecular complexity index is 934. The van der Waals surface area contributed by atoms with Gasteiger partial charge in [0.1, 0.15) is 5.82 Å². The van der Waals surface area contributed by atoms with Gasteiger partial charge in [0.05, 0.1) is 11.8 Å². The summed E-state index contributed by atoms with van der Waals surface area (Å²) in [4.78, 5) is 8.35. The highest BCUT2D eigenvalue weighted by Gasteiger charge is 2.29. The summed E-state index contributed by atoms with van der Waals surface area (Å²) in [6, 6.07) is 8.91. The van der Waals surface area contributed by atoms with E-state index in [9.17, 15) is 17.6 Å². The minimum atomic E-state index is -4.34. The van der Waals surface area contributed by atoms with Crippen molar-refractivity contribution >= 4 is 0 Å². The van der Waals surface area contributed by atoms with Gasteiger partial charge in [0, 0.05) is 24.5 Å². The van der Waals surface area contributed by atoms with Crippen molar-refractivity contribution in [3.63, 3.8) is 0 Å². The van der Waals surface area contributed by atoms with Crippen molar-refractivity contribution in [2.75, 3.05) is 0 Å². The van der Waals surface area contributed by atoms with E-state index in [1.54, 1.807) is 12.4 Å². The number of hydrogen-bond donors (Lipinski definition) is 0. The van der Waals surface area contributed by atoms with E-state index < -0.39 is 11.7 Å². The summed E-state index contributed by atoms with van der Waals surface area (Å²) in [6.07, 6.45) is 2.55. The van der Waals surface area contributed by atoms with Crippen LogP contribution in [0.15, 0.2) is 55.0 Å². The Morgan fingerprint density at radius 1 is 0.929 bits per heavy atom. The molecule has 0 spiro atoms. The van der Waals surface area contributed by atoms with Gasteiger partial charge in [-0.15, -0.1) is 0 Å². The highest BCUT2D eigenvalue weighted by atomic mass is 19.4. The average molecular weight is 388 g/mol. The summed E-state index contributed by atoms with van der Waals surface area (Å²) in [5.41, 5.74) is 3.44. The van der Waals surface area contributed by atoms with Crippen LogP contribution in [0.4, 0.5) is 17.6 Å². The molecule has 0 saturated heterocycles. The lowest BCUT2D eigenvalue weighted by atomic mass is 9.97. The van der Waals surface area contributed by atoms with E-state index in [0.29, 0.717) is 31.2 Å². The first kappa shape index (κ1) is 20.0. The van der Waals surface area contributed by atoms with Crippen LogP contribution in [0, 0.1) is 5.82 Å². The number of hydrogen-bond acceptors (Lipinski definition) is 2. The van der Waals surface area contributed by atoms with Gasteiger partial charge >= 0.3 is 6.18 Å². The van der Waals surface area contributed by atoms with Crippen LogP contribution in [0.3, 0.4) is 0 Å². The number of rotatable bonds is 6. The number of benzene rings is 1. The van der Waals surface area contributed by atoms with Crippen LogP contribution in [0.1, 0.15) is 40.4 Å². The normalized spacial score (nSPS) is 11.6. The van der Waals surface area contributed by atoms with Crippen molar-refractivity contribution < 1.29 is 17.6 Å². The van der Waals surface area contributed by atoms with Gasteiger partial charge in [-0.1, -0.05) is 25.1 Å². The third kappa shape index (κ3) is 4.74. The van der Waals surface area contributed by atoms with Gasteiger partial charge in [-0.25, -0.2) is 4.39 Å². The molecule has 1 aromatic carbocycles. The lowest BCUT2D eigenvalue weighted by Crippen LogP contribution is -2.06. The van der Waals surface area contributed by atoms with Gasteiger partial charge in [-0.3, -0.25) is 9.97 Å². The molecule has 2 aromatic heterocycles. The minimum Gasteiger partial charge on any atom is -0.261 e. The van der Waals surface area contributed by atoms with E-state index in [2.05, 4.69) is 9.97 Å². The molecule has 0 atom stereocenters. The molecule has 0 radical (unpaired) electrons. The second-order valence-corrected chi connectivity index (χ2v) is 6.59. The van der Waals surface area contributed by atoms with Gasteiger partial charge in [-0.2, -0.15) is 13.2 Å². The van der Waals surface area contributed by atoms with E-state index in [4.69, 9.17) is 0 Å². The van der Waals surface area contributed by atoms with Crippen LogP contribution in [0.5, 0.6) is 0 Å². The predicted molar refractivity (Wildman–Crippen MR) is 99.5 cm³/mol. The first-order valence-electron chi connectivity index (χ1n) is 9.08. The first-order chi connectivity index (χ1) is 13.4. The van der Waals surface area contributed by atoms with Crippen LogP contribution in [-0.4, -0.2) is 9.97 Å². The van der Waals surface area contributed by atoms with Crippen molar-refractivity contribution in [2.45, 2.75) is 38.8 Å². The molecule has 3 aromatic rings. The Kier molecular flexibility index (Phi) is 6.07. The largest absolute Gasteiger partial charge is 0.416 e. The van der Waals surface area contributed by atoms with E-state index in [1.165, 1.54) is 18.3 Å². The Labute approximate surface area is 161 Å². The van der Waals surface area contributed by atoms with Crippen LogP contribution >= 0.6 is 0 Å². The molecule has 3 rings (SSSR count). The maximum Gasteiger partial charge on any atom is 0.416 e. The molecule has 0 amide bonds. The summed E-state index contributed by atoms with van der Waals surface area (Å²) in [5, 5.41) is 0. The smallest absolute Gasteiger partial charge is 0.261 e. The zero-order valence-corrected chi connectivity index (χ0v) is 15.4. The zero-order valence-electron chi connectivity index (χ0n) is 15.4. The lowest BCUT2D eigenvalue weighted by Gasteiger charge is -2.12. The van der Waals surface area contributed by atoms with Gasteiger partial charge < -0.3 is 0 Å². The van der Waals surface area contributed by atoms with Crippen LogP contribution < -0.4 is 0 Å². The first-order valence-corrected chi connectivity index (χ1v) is 9.08. The van der Waals surface area contributed by atoms with Crippen LogP contribution in [-0.2, 0) is 31.9 Å². The fourth-order valence-corrected chi connectivity index (χ4v) is 3.25. The Hall–Kier alpha value is -2.76. The van der Waals surface area contributed by atoms with Crippen LogP contribution in [0.2, 0.25) is 0 Å². The summed E-state index contributed by atoms with van der Waals surface area (Å²) < 4.78 is 52.1. The molecule has 0 aliphatic rings. The number of nitrogens with zero attached hydrogens (tertiary/aromatic N) is 2. The predicted octanol–water partition coefficient (Wildman–Crippen LogP) is 5.57. The Morgan fingerprint density at radius 3 is 2.32 bits per heavy atom. The molecular formula is C22H20F4N2. The molecule has 28 heavy (non-hydrogen) atoms. The highest BCUT2D eigenvalue weighted by Crippen LogP contribution is 2.29. The number of halogens is 4. The Balaban J connectivity index is 1.76. The maximum atomic E-state index is 13.9.